The smallest absolute Gasteiger partial charge is 0.316 e. The highest BCUT2D eigenvalue weighted by Crippen LogP contribution is 2.50. The minimum Gasteiger partial charge on any atom is -0.462 e. The fraction of sp³-hybridized carbons (Fsp3) is 0.688. The lowest BCUT2D eigenvalue weighted by Gasteiger charge is -2.49. The zero-order valence-electron chi connectivity index (χ0n) is 48.0. The van der Waals surface area contributed by atoms with E-state index in [0.29, 0.717) is 96.9 Å². The topological polar surface area (TPSA) is 173 Å². The molecule has 0 aromatic heterocycles. The lowest BCUT2D eigenvalue weighted by molar-refractivity contribution is -0.335. The molecule has 6 saturated heterocycles. The summed E-state index contributed by atoms with van der Waals surface area (Å²) in [4.78, 5) is 29.8. The van der Waals surface area contributed by atoms with Gasteiger partial charge in [-0.2, -0.15) is 10.2 Å². The number of carbonyl (C=O) groups is 2. The molecule has 0 amide bonds. The molecule has 18 atom stereocenters. The Morgan fingerprint density at radius 2 is 1.00 bits per heavy atom. The van der Waals surface area contributed by atoms with Crippen LogP contribution in [-0.4, -0.2) is 118 Å². The quantitative estimate of drug-likeness (QED) is 0.156. The third-order valence-electron chi connectivity index (χ3n) is 18.9. The summed E-state index contributed by atoms with van der Waals surface area (Å²) in [6.07, 6.45) is 26.0. The van der Waals surface area contributed by atoms with Gasteiger partial charge in [-0.1, -0.05) is 113 Å². The predicted octanol–water partition coefficient (Wildman–Crippen LogP) is 10.9. The summed E-state index contributed by atoms with van der Waals surface area (Å²) in [5, 5.41) is 36.3. The molecular weight excluding hydrogens is 989 g/mol. The number of aliphatic hydroxyl groups is 2. The molecule has 14 nitrogen and oxygen atoms in total. The van der Waals surface area contributed by atoms with E-state index in [1.165, 1.54) is 11.1 Å². The molecule has 0 saturated carbocycles. The van der Waals surface area contributed by atoms with Gasteiger partial charge in [0.25, 0.3) is 0 Å². The molecule has 0 aromatic carbocycles. The summed E-state index contributed by atoms with van der Waals surface area (Å²) in [5.74, 6) is -3.99. The SMILES string of the molecule is CC[C@H]1O[C@]2(CC[C@@H]1C)C[C@@H]1C[C@@H](C/C=C(\C)C[C@@H](C)/C=C/C=C3\CO[C@@H]4/C(=N\N=C5/C(C)=C[C@H]6C(=O)O[C@H]7C[C@@H](C/C=C(\C)C[C@@H](C)/C=C/C=C8\CO[C@H]5[C@@]86O)O[C@@]5(CC[C@H](C)[C@@H](CC)O5)C7)C(C)=C[C@@H](C(=O)O1)[C@]34O)O2. The molecule has 0 aromatic rings. The number of hydrogen-bond donors (Lipinski definition) is 2. The highest BCUT2D eigenvalue weighted by molar-refractivity contribution is 6.10. The Bertz CT molecular complexity index is 2450. The molecule has 2 aliphatic carbocycles. The molecule has 6 fully saturated rings. The highest BCUT2D eigenvalue weighted by Gasteiger charge is 2.62. The van der Waals surface area contributed by atoms with Crippen molar-refractivity contribution < 1.29 is 57.7 Å². The van der Waals surface area contributed by atoms with Gasteiger partial charge in [0.15, 0.2) is 11.6 Å². The zero-order chi connectivity index (χ0) is 55.3. The van der Waals surface area contributed by atoms with E-state index in [4.69, 9.17) is 48.1 Å². The van der Waals surface area contributed by atoms with Crippen LogP contribution in [0.5, 0.6) is 0 Å². The summed E-state index contributed by atoms with van der Waals surface area (Å²) >= 11 is 0. The van der Waals surface area contributed by atoms with E-state index in [2.05, 4.69) is 79.7 Å². The third kappa shape index (κ3) is 11.3. The van der Waals surface area contributed by atoms with Crippen LogP contribution in [0, 0.1) is 35.5 Å². The summed E-state index contributed by atoms with van der Waals surface area (Å²) in [6, 6.07) is 0. The number of rotatable bonds is 3. The molecule has 2 spiro atoms. The average molecular weight is 1080 g/mol. The average Bonchev–Trinajstić information content (AvgIpc) is 4.15. The van der Waals surface area contributed by atoms with Crippen molar-refractivity contribution in [2.45, 2.75) is 231 Å². The number of nitrogens with zero attached hydrogens (tertiary/aromatic N) is 2. The second-order valence-electron chi connectivity index (χ2n) is 25.2. The molecule has 0 radical (unpaired) electrons. The third-order valence-corrected chi connectivity index (χ3v) is 18.9. The summed E-state index contributed by atoms with van der Waals surface area (Å²) < 4.78 is 53.5. The maximum atomic E-state index is 14.9. The van der Waals surface area contributed by atoms with Gasteiger partial charge in [0.1, 0.15) is 47.5 Å². The molecule has 10 rings (SSSR count). The number of carbonyl (C=O) groups excluding carboxylic acids is 2. The van der Waals surface area contributed by atoms with Gasteiger partial charge in [-0.15, -0.1) is 0 Å². The largest absolute Gasteiger partial charge is 0.462 e. The van der Waals surface area contributed by atoms with Gasteiger partial charge in [0.2, 0.25) is 0 Å². The lowest BCUT2D eigenvalue weighted by Crippen LogP contribution is -2.57. The van der Waals surface area contributed by atoms with Gasteiger partial charge in [-0.3, -0.25) is 9.59 Å². The van der Waals surface area contributed by atoms with Crippen LogP contribution in [0.2, 0.25) is 0 Å². The monoisotopic (exact) mass is 1080 g/mol. The van der Waals surface area contributed by atoms with Crippen LogP contribution >= 0.6 is 0 Å². The fourth-order valence-corrected chi connectivity index (χ4v) is 14.5. The minimum absolute atomic E-state index is 0.0325. The van der Waals surface area contributed by atoms with E-state index in [0.717, 1.165) is 38.5 Å². The van der Waals surface area contributed by atoms with E-state index in [1.807, 2.05) is 38.2 Å². The Labute approximate surface area is 463 Å². The van der Waals surface area contributed by atoms with Gasteiger partial charge in [0.05, 0.1) is 49.1 Å². The molecule has 4 bridgehead atoms. The standard InChI is InChI=1S/C64H88N2O12/c1-11-53-41(7)23-25-61(77-53)33-49-31-47(75-61)21-19-39(5)27-37(3)15-13-17-45-35-71-57-55(43(9)29-51(59(67)73-49)63(45,57)69)65-66-56-44(10)30-52-60(68)74-50-32-48(76-62(34-50)26-24-42(8)54(12-2)78-62)22-20-40(6)28-38(4)16-14-18-46-36-72-58(56)64(46,52)70/h13-20,29-30,37-38,41-42,47-54,57-58,69-70H,11-12,21-28,31-36H2,1-10H3/b15-13+,16-14+,39-19+,40-20+,45-17+,46-18+,65-55-,66-56+/t37-,38-,41-,42-,47+,48+,49-,50-,51-,52-,53+,54+,57+,58+,61+,62+,63+,64+/m0/s1. The normalized spacial score (nSPS) is 48.1. The maximum absolute atomic E-state index is 14.9. The lowest BCUT2D eigenvalue weighted by atomic mass is 9.71. The van der Waals surface area contributed by atoms with Crippen LogP contribution in [0.25, 0.3) is 0 Å². The minimum atomic E-state index is -1.88. The van der Waals surface area contributed by atoms with Crippen LogP contribution in [0.15, 0.2) is 104 Å². The van der Waals surface area contributed by atoms with Gasteiger partial charge in [0, 0.05) is 38.5 Å². The molecule has 10 aliphatic rings. The molecule has 2 N–H and O–H groups in total. The van der Waals surface area contributed by atoms with E-state index in [-0.39, 0.29) is 49.5 Å². The second-order valence-corrected chi connectivity index (χ2v) is 25.2. The van der Waals surface area contributed by atoms with Crippen molar-refractivity contribution in [1.82, 2.24) is 0 Å². The van der Waals surface area contributed by atoms with E-state index in [1.54, 1.807) is 12.2 Å². The Morgan fingerprint density at radius 3 is 1.40 bits per heavy atom. The Hall–Kier alpha value is -4.12. The second kappa shape index (κ2) is 23.0. The molecule has 8 heterocycles. The molecule has 78 heavy (non-hydrogen) atoms. The molecular formula is C64H88N2O12. The first-order valence-corrected chi connectivity index (χ1v) is 29.6. The summed E-state index contributed by atoms with van der Waals surface area (Å²) in [5.41, 5.74) is 1.59. The predicted molar refractivity (Wildman–Crippen MR) is 298 cm³/mol. The van der Waals surface area contributed by atoms with E-state index in [9.17, 15) is 19.8 Å². The fourth-order valence-electron chi connectivity index (χ4n) is 14.5. The molecule has 14 heteroatoms. The molecule has 426 valence electrons. The van der Waals surface area contributed by atoms with Crippen molar-refractivity contribution in [2.24, 2.45) is 45.7 Å². The Morgan fingerprint density at radius 1 is 0.590 bits per heavy atom. The first-order valence-electron chi connectivity index (χ1n) is 29.6. The van der Waals surface area contributed by atoms with Crippen molar-refractivity contribution in [1.29, 1.82) is 0 Å². The number of ether oxygens (including phenoxy) is 8. The van der Waals surface area contributed by atoms with E-state index >= 15 is 0 Å². The van der Waals surface area contributed by atoms with Crippen molar-refractivity contribution in [3.05, 3.63) is 94.2 Å². The van der Waals surface area contributed by atoms with Gasteiger partial charge < -0.3 is 48.1 Å². The number of allylic oxidation sites excluding steroid dienone is 8. The molecule has 8 aliphatic heterocycles. The molecule has 0 unspecified atom stereocenters. The van der Waals surface area contributed by atoms with Crippen LogP contribution in [0.4, 0.5) is 0 Å². The number of fused-ring (bicyclic) bond motifs is 4. The van der Waals surface area contributed by atoms with Crippen molar-refractivity contribution >= 4 is 23.4 Å². The van der Waals surface area contributed by atoms with Crippen LogP contribution in [0.3, 0.4) is 0 Å². The van der Waals surface area contributed by atoms with E-state index < -0.39 is 71.0 Å². The van der Waals surface area contributed by atoms with Crippen molar-refractivity contribution in [3.8, 4) is 0 Å². The number of hydrogen-bond acceptors (Lipinski definition) is 14. The Kier molecular flexibility index (Phi) is 16.9. The zero-order valence-corrected chi connectivity index (χ0v) is 48.0. The van der Waals surface area contributed by atoms with Crippen LogP contribution in [0.1, 0.15) is 159 Å². The van der Waals surface area contributed by atoms with Gasteiger partial charge in [-0.05, 0) is 125 Å². The van der Waals surface area contributed by atoms with Crippen LogP contribution in [-0.2, 0) is 47.5 Å². The van der Waals surface area contributed by atoms with Crippen molar-refractivity contribution in [3.63, 3.8) is 0 Å². The Balaban J connectivity index is 0.994. The first kappa shape index (κ1) is 57.1. The summed E-state index contributed by atoms with van der Waals surface area (Å²) in [6.45, 7) is 21.1. The highest BCUT2D eigenvalue weighted by atomic mass is 16.7. The van der Waals surface area contributed by atoms with Crippen molar-refractivity contribution in [2.75, 3.05) is 13.2 Å². The number of esters is 2. The van der Waals surface area contributed by atoms with Gasteiger partial charge in [-0.25, -0.2) is 0 Å². The first-order chi connectivity index (χ1) is 37.2. The maximum Gasteiger partial charge on any atom is 0.316 e. The van der Waals surface area contributed by atoms with Crippen LogP contribution < -0.4 is 0 Å². The summed E-state index contributed by atoms with van der Waals surface area (Å²) in [7, 11) is 0. The van der Waals surface area contributed by atoms with Gasteiger partial charge >= 0.3 is 11.9 Å².